The zero-order chi connectivity index (χ0) is 17.7. The van der Waals surface area contributed by atoms with Gasteiger partial charge in [0.1, 0.15) is 6.04 Å². The van der Waals surface area contributed by atoms with Crippen molar-refractivity contribution in [2.75, 3.05) is 27.2 Å². The van der Waals surface area contributed by atoms with Crippen LogP contribution < -0.4 is 0 Å². The molecular weight excluding hydrogens is 326 g/mol. The van der Waals surface area contributed by atoms with Crippen molar-refractivity contribution in [2.24, 2.45) is 0 Å². The van der Waals surface area contributed by atoms with E-state index in [2.05, 4.69) is 0 Å². The fraction of sp³-hybridized carbons (Fsp3) is 0.588. The van der Waals surface area contributed by atoms with E-state index < -0.39 is 16.3 Å². The Balaban J connectivity index is 2.19. The molecule has 1 saturated heterocycles. The monoisotopic (exact) mass is 353 g/mol. The van der Waals surface area contributed by atoms with Crippen LogP contribution >= 0.6 is 0 Å². The molecule has 0 spiro atoms. The van der Waals surface area contributed by atoms with Gasteiger partial charge >= 0.3 is 0 Å². The Morgan fingerprint density at radius 3 is 2.50 bits per heavy atom. The van der Waals surface area contributed by atoms with E-state index in [1.54, 1.807) is 19.0 Å². The highest BCUT2D eigenvalue weighted by Crippen LogP contribution is 2.22. The first kappa shape index (κ1) is 18.9. The molecule has 1 aliphatic heterocycles. The Hall–Kier alpha value is -1.44. The summed E-state index contributed by atoms with van der Waals surface area (Å²) >= 11 is 0. The standard InChI is InChI=1S/C17H27N3O3S/c1-4-5-11-16-17(21)18(2)12-13-20(16)24(22,23)19(3)14-15-9-7-6-8-10-15/h6-10,16H,4-5,11-14H2,1-3H3/t16-/m0/s1. The molecule has 134 valence electrons. The largest absolute Gasteiger partial charge is 0.343 e. The summed E-state index contributed by atoms with van der Waals surface area (Å²) in [6.07, 6.45) is 2.33. The predicted octanol–water partition coefficient (Wildman–Crippen LogP) is 1.70. The Morgan fingerprint density at radius 2 is 1.88 bits per heavy atom. The summed E-state index contributed by atoms with van der Waals surface area (Å²) < 4.78 is 28.7. The minimum Gasteiger partial charge on any atom is -0.343 e. The van der Waals surface area contributed by atoms with Gasteiger partial charge in [0, 0.05) is 33.7 Å². The normalized spacial score (nSPS) is 19.9. The van der Waals surface area contributed by atoms with Crippen molar-refractivity contribution in [1.82, 2.24) is 13.5 Å². The second kappa shape index (κ2) is 8.09. The maximum absolute atomic E-state index is 13.0. The summed E-state index contributed by atoms with van der Waals surface area (Å²) in [6.45, 7) is 3.11. The highest BCUT2D eigenvalue weighted by atomic mass is 32.2. The zero-order valence-corrected chi connectivity index (χ0v) is 15.5. The molecule has 0 bridgehead atoms. The first-order chi connectivity index (χ1) is 11.4. The first-order valence-corrected chi connectivity index (χ1v) is 9.79. The van der Waals surface area contributed by atoms with Gasteiger partial charge in [0.05, 0.1) is 0 Å². The van der Waals surface area contributed by atoms with Crippen molar-refractivity contribution in [3.8, 4) is 0 Å². The molecule has 7 heteroatoms. The SMILES string of the molecule is CCCC[C@H]1C(=O)N(C)CCN1S(=O)(=O)N(C)Cc1ccccc1. The maximum atomic E-state index is 13.0. The van der Waals surface area contributed by atoms with Gasteiger partial charge in [-0.2, -0.15) is 17.0 Å². The van der Waals surface area contributed by atoms with Gasteiger partial charge in [-0.3, -0.25) is 4.79 Å². The van der Waals surface area contributed by atoms with Gasteiger partial charge in [-0.1, -0.05) is 50.1 Å². The van der Waals surface area contributed by atoms with E-state index in [1.807, 2.05) is 37.3 Å². The Morgan fingerprint density at radius 1 is 1.21 bits per heavy atom. The van der Waals surface area contributed by atoms with Crippen molar-refractivity contribution in [3.63, 3.8) is 0 Å². The summed E-state index contributed by atoms with van der Waals surface area (Å²) in [5, 5.41) is 0. The average Bonchev–Trinajstić information content (AvgIpc) is 2.56. The Bertz CT molecular complexity index is 648. The van der Waals surface area contributed by atoms with Crippen LogP contribution in [0.15, 0.2) is 30.3 Å². The van der Waals surface area contributed by atoms with Crippen LogP contribution in [0.4, 0.5) is 0 Å². The predicted molar refractivity (Wildman–Crippen MR) is 94.5 cm³/mol. The highest BCUT2D eigenvalue weighted by Gasteiger charge is 2.41. The molecule has 1 aromatic rings. The zero-order valence-electron chi connectivity index (χ0n) is 14.7. The van der Waals surface area contributed by atoms with E-state index in [-0.39, 0.29) is 5.91 Å². The lowest BCUT2D eigenvalue weighted by atomic mass is 10.1. The number of hydrogen-bond acceptors (Lipinski definition) is 3. The molecule has 24 heavy (non-hydrogen) atoms. The van der Waals surface area contributed by atoms with Gasteiger partial charge in [-0.05, 0) is 12.0 Å². The van der Waals surface area contributed by atoms with E-state index in [9.17, 15) is 13.2 Å². The van der Waals surface area contributed by atoms with Crippen LogP contribution in [0.5, 0.6) is 0 Å². The average molecular weight is 353 g/mol. The van der Waals surface area contributed by atoms with Gasteiger partial charge in [0.2, 0.25) is 5.91 Å². The Labute approximate surface area is 145 Å². The van der Waals surface area contributed by atoms with Crippen LogP contribution in [0.1, 0.15) is 31.7 Å². The number of amides is 1. The number of carbonyl (C=O) groups excluding carboxylic acids is 1. The number of carbonyl (C=O) groups is 1. The van der Waals surface area contributed by atoms with Gasteiger partial charge in [0.15, 0.2) is 0 Å². The third kappa shape index (κ3) is 4.15. The van der Waals surface area contributed by atoms with Gasteiger partial charge < -0.3 is 4.90 Å². The number of rotatable bonds is 7. The molecule has 1 fully saturated rings. The topological polar surface area (TPSA) is 60.9 Å². The van der Waals surface area contributed by atoms with Crippen molar-refractivity contribution >= 4 is 16.1 Å². The molecule has 1 heterocycles. The third-order valence-electron chi connectivity index (χ3n) is 4.43. The summed E-state index contributed by atoms with van der Waals surface area (Å²) in [4.78, 5) is 14.1. The van der Waals surface area contributed by atoms with E-state index in [4.69, 9.17) is 0 Å². The van der Waals surface area contributed by atoms with Gasteiger partial charge in [-0.15, -0.1) is 0 Å². The number of hydrogen-bond donors (Lipinski definition) is 0. The lowest BCUT2D eigenvalue weighted by Crippen LogP contribution is -2.59. The summed E-state index contributed by atoms with van der Waals surface area (Å²) in [7, 11) is -0.371. The molecule has 6 nitrogen and oxygen atoms in total. The Kier molecular flexibility index (Phi) is 6.37. The molecule has 1 amide bonds. The number of piperazine rings is 1. The molecule has 1 atom stereocenters. The van der Waals surface area contributed by atoms with Crippen LogP contribution in [0.25, 0.3) is 0 Å². The molecule has 0 saturated carbocycles. The molecule has 0 radical (unpaired) electrons. The number of nitrogens with zero attached hydrogens (tertiary/aromatic N) is 3. The number of likely N-dealkylation sites (N-methyl/N-ethyl adjacent to an activating group) is 1. The molecule has 1 aliphatic rings. The van der Waals surface area contributed by atoms with Crippen LogP contribution in [0.3, 0.4) is 0 Å². The second-order valence-corrected chi connectivity index (χ2v) is 8.27. The van der Waals surface area contributed by atoms with E-state index in [0.29, 0.717) is 26.1 Å². The minimum atomic E-state index is -3.68. The molecule has 0 N–H and O–H groups in total. The number of unbranched alkanes of at least 4 members (excludes halogenated alkanes) is 1. The maximum Gasteiger partial charge on any atom is 0.282 e. The quantitative estimate of drug-likeness (QED) is 0.749. The molecule has 1 aromatic carbocycles. The summed E-state index contributed by atoms with van der Waals surface area (Å²) in [6, 6.07) is 8.88. The van der Waals surface area contributed by atoms with Crippen molar-refractivity contribution in [3.05, 3.63) is 35.9 Å². The van der Waals surface area contributed by atoms with E-state index in [1.165, 1.54) is 8.61 Å². The lowest BCUT2D eigenvalue weighted by molar-refractivity contribution is -0.137. The summed E-state index contributed by atoms with van der Waals surface area (Å²) in [5.41, 5.74) is 0.925. The third-order valence-corrected chi connectivity index (χ3v) is 6.38. The van der Waals surface area contributed by atoms with E-state index in [0.717, 1.165) is 18.4 Å². The van der Waals surface area contributed by atoms with Crippen molar-refractivity contribution in [1.29, 1.82) is 0 Å². The van der Waals surface area contributed by atoms with Crippen LogP contribution in [-0.2, 0) is 21.5 Å². The first-order valence-electron chi connectivity index (χ1n) is 8.40. The van der Waals surface area contributed by atoms with E-state index >= 15 is 0 Å². The fourth-order valence-electron chi connectivity index (χ4n) is 2.93. The van der Waals surface area contributed by atoms with Crippen LogP contribution in [0.2, 0.25) is 0 Å². The van der Waals surface area contributed by atoms with Gasteiger partial charge in [-0.25, -0.2) is 0 Å². The highest BCUT2D eigenvalue weighted by molar-refractivity contribution is 7.86. The summed E-state index contributed by atoms with van der Waals surface area (Å²) in [5.74, 6) is -0.105. The van der Waals surface area contributed by atoms with Crippen molar-refractivity contribution < 1.29 is 13.2 Å². The lowest BCUT2D eigenvalue weighted by Gasteiger charge is -2.39. The van der Waals surface area contributed by atoms with Crippen LogP contribution in [-0.4, -0.2) is 61.1 Å². The van der Waals surface area contributed by atoms with Crippen molar-refractivity contribution in [2.45, 2.75) is 38.8 Å². The fourth-order valence-corrected chi connectivity index (χ4v) is 4.43. The molecule has 0 aliphatic carbocycles. The van der Waals surface area contributed by atoms with Crippen LogP contribution in [0, 0.1) is 0 Å². The minimum absolute atomic E-state index is 0.105. The molecule has 2 rings (SSSR count). The second-order valence-electron chi connectivity index (χ2n) is 6.28. The smallest absolute Gasteiger partial charge is 0.282 e. The molecule has 0 aromatic heterocycles. The van der Waals surface area contributed by atoms with Gasteiger partial charge in [0.25, 0.3) is 10.2 Å². The molecular formula is C17H27N3O3S. The molecule has 0 unspecified atom stereocenters. The number of benzene rings is 1.